The molecule has 1 aromatic rings. The Morgan fingerprint density at radius 1 is 0.850 bits per heavy atom. The molecule has 0 radical (unpaired) electrons. The maximum atomic E-state index is 13.3. The largest absolute Gasteiger partial charge is 0.538 e. The summed E-state index contributed by atoms with van der Waals surface area (Å²) in [5.74, 6) is -12.5. The van der Waals surface area contributed by atoms with Crippen LogP contribution in [0.1, 0.15) is 0 Å². The lowest BCUT2D eigenvalue weighted by Crippen LogP contribution is -2.22. The normalized spacial score (nSPS) is 12.2. The van der Waals surface area contributed by atoms with E-state index in [0.29, 0.717) is 0 Å². The molecule has 0 amide bonds. The van der Waals surface area contributed by atoms with Crippen molar-refractivity contribution in [2.24, 2.45) is 0 Å². The molecule has 0 fully saturated rings. The minimum absolute atomic E-state index is 1.01. The van der Waals surface area contributed by atoms with Crippen LogP contribution in [0.15, 0.2) is 4.90 Å². The van der Waals surface area contributed by atoms with E-state index in [9.17, 15) is 30.4 Å². The smallest absolute Gasteiger partial charge is 0.200 e. The first-order valence-electron chi connectivity index (χ1n) is 4.87. The van der Waals surface area contributed by atoms with E-state index in [1.807, 2.05) is 0 Å². The van der Waals surface area contributed by atoms with Crippen molar-refractivity contribution in [1.82, 2.24) is 0 Å². The molecular weight excluding hydrogens is 313 g/mol. The summed E-state index contributed by atoms with van der Waals surface area (Å²) in [4.78, 5) is -2.14. The molecule has 11 heteroatoms. The number of nitrogens with zero attached hydrogens (tertiary/aromatic N) is 1. The van der Waals surface area contributed by atoms with E-state index < -0.39 is 63.3 Å². The van der Waals surface area contributed by atoms with Gasteiger partial charge in [-0.3, -0.25) is 0 Å². The maximum Gasteiger partial charge on any atom is 0.200 e. The highest BCUT2D eigenvalue weighted by molar-refractivity contribution is 7.94. The van der Waals surface area contributed by atoms with E-state index in [0.717, 1.165) is 0 Å². The molecule has 0 aliphatic rings. The van der Waals surface area contributed by atoms with Crippen molar-refractivity contribution < 1.29 is 40.6 Å². The monoisotopic (exact) mass is 320 g/mol. The van der Waals surface area contributed by atoms with Gasteiger partial charge in [-0.2, -0.15) is 0 Å². The number of hydrogen-bond donors (Lipinski definition) is 2. The summed E-state index contributed by atoms with van der Waals surface area (Å²) < 4.78 is 90.7. The quantitative estimate of drug-likeness (QED) is 0.477. The second-order valence-corrected chi connectivity index (χ2v) is 5.07. The zero-order chi connectivity index (χ0) is 15.7. The Bertz CT molecular complexity index is 588. The first kappa shape index (κ1) is 16.8. The van der Waals surface area contributed by atoms with Crippen molar-refractivity contribution in [2.75, 3.05) is 13.2 Å². The van der Waals surface area contributed by atoms with Crippen molar-refractivity contribution in [2.45, 2.75) is 10.9 Å². The van der Waals surface area contributed by atoms with Gasteiger partial charge in [0.15, 0.2) is 23.3 Å². The third kappa shape index (κ3) is 2.90. The van der Waals surface area contributed by atoms with Gasteiger partial charge in [-0.15, -0.1) is 0 Å². The fourth-order valence-electron chi connectivity index (χ4n) is 1.18. The van der Waals surface area contributed by atoms with Crippen LogP contribution in [0.3, 0.4) is 0 Å². The third-order valence-corrected chi connectivity index (χ3v) is 3.59. The molecule has 0 saturated heterocycles. The standard InChI is InChI=1S/C9H7F5NO4S/c10-4-5(11)7(13)9(8(14)6(4)12)20(18,19)15-3(1-16)2-17/h3,16-17H,1-2H2/q-1. The summed E-state index contributed by atoms with van der Waals surface area (Å²) >= 11 is 0. The van der Waals surface area contributed by atoms with Gasteiger partial charge in [0.05, 0.1) is 0 Å². The Labute approximate surface area is 109 Å². The van der Waals surface area contributed by atoms with Crippen molar-refractivity contribution in [1.29, 1.82) is 0 Å². The SMILES string of the molecule is O=S(=O)([N-]C(CO)CO)c1c(F)c(F)c(F)c(F)c1F. The molecule has 2 N–H and O–H groups in total. The van der Waals surface area contributed by atoms with Crippen LogP contribution in [-0.4, -0.2) is 37.9 Å². The number of benzene rings is 1. The summed E-state index contributed by atoms with van der Waals surface area (Å²) in [6.45, 7) is -2.02. The molecule has 0 unspecified atom stereocenters. The lowest BCUT2D eigenvalue weighted by Gasteiger charge is -2.28. The highest BCUT2D eigenvalue weighted by Gasteiger charge is 2.30. The van der Waals surface area contributed by atoms with Gasteiger partial charge < -0.3 is 14.9 Å². The molecule has 0 aliphatic carbocycles. The fourth-order valence-corrected chi connectivity index (χ4v) is 2.45. The molecule has 0 atom stereocenters. The lowest BCUT2D eigenvalue weighted by atomic mass is 10.3. The van der Waals surface area contributed by atoms with Crippen LogP contribution in [0.5, 0.6) is 0 Å². The van der Waals surface area contributed by atoms with Gasteiger partial charge in [-0.25, -0.2) is 30.4 Å². The molecule has 20 heavy (non-hydrogen) atoms. The maximum absolute atomic E-state index is 13.3. The summed E-state index contributed by atoms with van der Waals surface area (Å²) in [6, 6.07) is -1.69. The van der Waals surface area contributed by atoms with Crippen molar-refractivity contribution in [3.63, 3.8) is 0 Å². The van der Waals surface area contributed by atoms with Crippen LogP contribution in [0.25, 0.3) is 4.72 Å². The number of sulfonamides is 1. The summed E-state index contributed by atoms with van der Waals surface area (Å²) in [5.41, 5.74) is 0. The summed E-state index contributed by atoms with van der Waals surface area (Å²) in [7, 11) is -5.30. The van der Waals surface area contributed by atoms with Crippen LogP contribution < -0.4 is 0 Å². The number of halogens is 5. The van der Waals surface area contributed by atoms with E-state index in [1.165, 1.54) is 0 Å². The molecule has 5 nitrogen and oxygen atoms in total. The Balaban J connectivity index is 3.47. The van der Waals surface area contributed by atoms with Gasteiger partial charge in [-0.05, 0) is 0 Å². The molecule has 0 aromatic heterocycles. The minimum atomic E-state index is -5.30. The topological polar surface area (TPSA) is 88.7 Å². The van der Waals surface area contributed by atoms with Gasteiger partial charge in [0.2, 0.25) is 5.82 Å². The van der Waals surface area contributed by atoms with E-state index in [4.69, 9.17) is 10.2 Å². The number of aliphatic hydroxyl groups is 2. The zero-order valence-electron chi connectivity index (χ0n) is 9.45. The predicted octanol–water partition coefficient (Wildman–Crippen LogP) is 0.798. The lowest BCUT2D eigenvalue weighted by molar-refractivity contribution is 0.210. The first-order valence-corrected chi connectivity index (χ1v) is 6.31. The highest BCUT2D eigenvalue weighted by Crippen LogP contribution is 2.30. The van der Waals surface area contributed by atoms with E-state index in [1.54, 1.807) is 0 Å². The van der Waals surface area contributed by atoms with E-state index in [-0.39, 0.29) is 0 Å². The van der Waals surface area contributed by atoms with Crippen LogP contribution in [-0.2, 0) is 10.0 Å². The molecule has 1 rings (SSSR count). The van der Waals surface area contributed by atoms with Gasteiger partial charge in [-0.1, -0.05) is 6.04 Å². The van der Waals surface area contributed by atoms with Crippen molar-refractivity contribution in [3.05, 3.63) is 33.8 Å². The molecule has 0 heterocycles. The van der Waals surface area contributed by atoms with Crippen molar-refractivity contribution >= 4 is 10.0 Å². The predicted molar refractivity (Wildman–Crippen MR) is 54.7 cm³/mol. The number of hydrogen-bond acceptors (Lipinski definition) is 4. The zero-order valence-corrected chi connectivity index (χ0v) is 10.3. The Kier molecular flexibility index (Phi) is 5.02. The average molecular weight is 320 g/mol. The molecule has 0 saturated carbocycles. The summed E-state index contributed by atoms with van der Waals surface area (Å²) in [6.07, 6.45) is 0. The molecule has 114 valence electrons. The Hall–Kier alpha value is -1.30. The Morgan fingerprint density at radius 3 is 1.55 bits per heavy atom. The first-order chi connectivity index (χ1) is 9.17. The minimum Gasteiger partial charge on any atom is -0.538 e. The average Bonchev–Trinajstić information content (AvgIpc) is 2.40. The van der Waals surface area contributed by atoms with Crippen molar-refractivity contribution in [3.8, 4) is 0 Å². The second kappa shape index (κ2) is 5.99. The fraction of sp³-hybridized carbons (Fsp3) is 0.333. The molecule has 0 spiro atoms. The number of aliphatic hydroxyl groups excluding tert-OH is 2. The van der Waals surface area contributed by atoms with Crippen LogP contribution >= 0.6 is 0 Å². The van der Waals surface area contributed by atoms with Gasteiger partial charge in [0.1, 0.15) is 14.9 Å². The highest BCUT2D eigenvalue weighted by atomic mass is 32.2. The summed E-state index contributed by atoms with van der Waals surface area (Å²) in [5, 5.41) is 17.2. The third-order valence-electron chi connectivity index (χ3n) is 2.14. The van der Waals surface area contributed by atoms with E-state index >= 15 is 0 Å². The van der Waals surface area contributed by atoms with Crippen LogP contribution in [0.4, 0.5) is 22.0 Å². The molecule has 1 aromatic carbocycles. The molecule has 0 bridgehead atoms. The molecular formula is C9H7F5NO4S-. The van der Waals surface area contributed by atoms with Gasteiger partial charge >= 0.3 is 0 Å². The van der Waals surface area contributed by atoms with Crippen LogP contribution in [0.2, 0.25) is 0 Å². The van der Waals surface area contributed by atoms with Gasteiger partial charge in [0, 0.05) is 13.2 Å². The van der Waals surface area contributed by atoms with E-state index in [2.05, 4.69) is 4.72 Å². The van der Waals surface area contributed by atoms with Crippen LogP contribution in [0, 0.1) is 29.1 Å². The number of rotatable bonds is 5. The molecule has 0 aliphatic heterocycles. The second-order valence-electron chi connectivity index (χ2n) is 3.50. The van der Waals surface area contributed by atoms with Gasteiger partial charge in [0.25, 0.3) is 0 Å². The Morgan fingerprint density at radius 2 is 1.20 bits per heavy atom.